The van der Waals surface area contributed by atoms with E-state index >= 15 is 0 Å². The summed E-state index contributed by atoms with van der Waals surface area (Å²) in [5.74, 6) is -0.952. The number of hydrogen-bond donors (Lipinski definition) is 1. The minimum atomic E-state index is -0.612. The van der Waals surface area contributed by atoms with Crippen LogP contribution >= 0.6 is 0 Å². The Hall–Kier alpha value is -1.82. The summed E-state index contributed by atoms with van der Waals surface area (Å²) < 4.78 is 27.9. The van der Waals surface area contributed by atoms with Crippen molar-refractivity contribution in [3.05, 3.63) is 47.3 Å². The minimum absolute atomic E-state index is 0.118. The molecule has 2 aromatic rings. The predicted octanol–water partition coefficient (Wildman–Crippen LogP) is 1.80. The van der Waals surface area contributed by atoms with Gasteiger partial charge < -0.3 is 5.73 Å². The van der Waals surface area contributed by atoms with Gasteiger partial charge in [0.05, 0.1) is 18.3 Å². The summed E-state index contributed by atoms with van der Waals surface area (Å²) in [5.41, 5.74) is 6.08. The molecule has 1 heterocycles. The van der Waals surface area contributed by atoms with Crippen LogP contribution in [0.1, 0.15) is 25.1 Å². The largest absolute Gasteiger partial charge is 0.320 e. The summed E-state index contributed by atoms with van der Waals surface area (Å²) in [7, 11) is 0. The van der Waals surface area contributed by atoms with Gasteiger partial charge in [0.15, 0.2) is 0 Å². The van der Waals surface area contributed by atoms with Gasteiger partial charge in [0, 0.05) is 5.56 Å². The second kappa shape index (κ2) is 4.45. The quantitative estimate of drug-likeness (QED) is 0.906. The van der Waals surface area contributed by atoms with Gasteiger partial charge in [-0.2, -0.15) is 0 Å². The van der Waals surface area contributed by atoms with Gasteiger partial charge in [0.1, 0.15) is 17.3 Å². The van der Waals surface area contributed by atoms with Gasteiger partial charge in [-0.15, -0.1) is 5.10 Å². The van der Waals surface area contributed by atoms with Crippen LogP contribution in [0.15, 0.2) is 24.4 Å². The lowest BCUT2D eigenvalue weighted by molar-refractivity contribution is 0.533. The molecule has 0 radical (unpaired) electrons. The lowest BCUT2D eigenvalue weighted by atomic mass is 10.0. The van der Waals surface area contributed by atoms with E-state index in [0.717, 1.165) is 18.2 Å². The lowest BCUT2D eigenvalue weighted by Crippen LogP contribution is -2.29. The van der Waals surface area contributed by atoms with Crippen molar-refractivity contribution in [3.63, 3.8) is 0 Å². The number of halogens is 2. The first-order valence-electron chi connectivity index (χ1n) is 5.49. The Morgan fingerprint density at radius 2 is 2.06 bits per heavy atom. The molecular weight excluding hydrogens is 238 g/mol. The molecule has 2 N–H and O–H groups in total. The van der Waals surface area contributed by atoms with Gasteiger partial charge in [0.25, 0.3) is 0 Å². The molecule has 18 heavy (non-hydrogen) atoms. The molecule has 1 aromatic carbocycles. The van der Waals surface area contributed by atoms with Crippen LogP contribution < -0.4 is 5.73 Å². The molecule has 1 aromatic heterocycles. The Morgan fingerprint density at radius 1 is 1.33 bits per heavy atom. The van der Waals surface area contributed by atoms with Gasteiger partial charge in [-0.05, 0) is 32.0 Å². The number of aromatic nitrogens is 3. The van der Waals surface area contributed by atoms with Crippen LogP contribution in [0.5, 0.6) is 0 Å². The summed E-state index contributed by atoms with van der Waals surface area (Å²) in [6.07, 6.45) is 1.63. The summed E-state index contributed by atoms with van der Waals surface area (Å²) in [4.78, 5) is 0. The zero-order chi connectivity index (χ0) is 13.3. The Kier molecular flexibility index (Phi) is 3.13. The first kappa shape index (κ1) is 12.6. The predicted molar refractivity (Wildman–Crippen MR) is 62.7 cm³/mol. The summed E-state index contributed by atoms with van der Waals surface area (Å²) in [6.45, 7) is 3.71. The van der Waals surface area contributed by atoms with Gasteiger partial charge in [-0.3, -0.25) is 0 Å². The van der Waals surface area contributed by atoms with Gasteiger partial charge in [0.2, 0.25) is 0 Å². The Morgan fingerprint density at radius 3 is 2.67 bits per heavy atom. The molecule has 0 aliphatic rings. The molecule has 6 heteroatoms. The number of benzene rings is 1. The first-order chi connectivity index (χ1) is 8.36. The van der Waals surface area contributed by atoms with E-state index in [4.69, 9.17) is 5.73 Å². The molecule has 0 saturated carbocycles. The highest BCUT2D eigenvalue weighted by Gasteiger charge is 2.18. The number of hydrogen-bond acceptors (Lipinski definition) is 3. The highest BCUT2D eigenvalue weighted by atomic mass is 19.1. The van der Waals surface area contributed by atoms with E-state index in [1.165, 1.54) is 4.68 Å². The third-order valence-corrected chi connectivity index (χ3v) is 2.54. The average Bonchev–Trinajstić information content (AvgIpc) is 2.71. The smallest absolute Gasteiger partial charge is 0.128 e. The second-order valence-corrected chi connectivity index (χ2v) is 4.76. The molecule has 0 unspecified atom stereocenters. The molecule has 0 aliphatic carbocycles. The summed E-state index contributed by atoms with van der Waals surface area (Å²) >= 11 is 0. The maximum absolute atomic E-state index is 13.4. The molecule has 0 amide bonds. The van der Waals surface area contributed by atoms with Crippen molar-refractivity contribution in [3.8, 4) is 0 Å². The Balaban J connectivity index is 2.24. The maximum Gasteiger partial charge on any atom is 0.128 e. The van der Waals surface area contributed by atoms with E-state index in [-0.39, 0.29) is 12.1 Å². The van der Waals surface area contributed by atoms with Crippen LogP contribution in [0.3, 0.4) is 0 Å². The lowest BCUT2D eigenvalue weighted by Gasteiger charge is -2.13. The Bertz CT molecular complexity index is 557. The van der Waals surface area contributed by atoms with Crippen molar-refractivity contribution in [1.29, 1.82) is 0 Å². The van der Waals surface area contributed by atoms with E-state index in [0.29, 0.717) is 5.69 Å². The third-order valence-electron chi connectivity index (χ3n) is 2.54. The van der Waals surface area contributed by atoms with Crippen LogP contribution in [0.2, 0.25) is 0 Å². The molecule has 0 aliphatic heterocycles. The van der Waals surface area contributed by atoms with Crippen LogP contribution in [-0.2, 0) is 12.1 Å². The fourth-order valence-corrected chi connectivity index (χ4v) is 1.51. The minimum Gasteiger partial charge on any atom is -0.320 e. The van der Waals surface area contributed by atoms with Gasteiger partial charge in [-0.25, -0.2) is 13.5 Å². The molecule has 0 atom stereocenters. The normalized spacial score (nSPS) is 11.8. The zero-order valence-corrected chi connectivity index (χ0v) is 10.2. The van der Waals surface area contributed by atoms with Crippen molar-refractivity contribution >= 4 is 0 Å². The van der Waals surface area contributed by atoms with E-state index in [1.807, 2.05) is 0 Å². The van der Waals surface area contributed by atoms with Crippen molar-refractivity contribution in [2.75, 3.05) is 0 Å². The van der Waals surface area contributed by atoms with Crippen LogP contribution in [0.4, 0.5) is 8.78 Å². The monoisotopic (exact) mass is 252 g/mol. The van der Waals surface area contributed by atoms with E-state index in [9.17, 15) is 8.78 Å². The van der Waals surface area contributed by atoms with Crippen LogP contribution in [0.25, 0.3) is 0 Å². The molecule has 0 fully saturated rings. The number of rotatable bonds is 3. The van der Waals surface area contributed by atoms with Crippen molar-refractivity contribution < 1.29 is 8.78 Å². The molecular formula is C12H14F2N4. The Labute approximate surface area is 103 Å². The molecule has 96 valence electrons. The van der Waals surface area contributed by atoms with E-state index < -0.39 is 17.2 Å². The first-order valence-corrected chi connectivity index (χ1v) is 5.49. The van der Waals surface area contributed by atoms with Crippen molar-refractivity contribution in [2.24, 2.45) is 5.73 Å². The zero-order valence-electron chi connectivity index (χ0n) is 10.2. The number of nitrogens with zero attached hydrogens (tertiary/aromatic N) is 3. The topological polar surface area (TPSA) is 56.7 Å². The van der Waals surface area contributed by atoms with Crippen LogP contribution in [0, 0.1) is 11.6 Å². The molecule has 2 rings (SSSR count). The van der Waals surface area contributed by atoms with Crippen molar-refractivity contribution in [1.82, 2.24) is 15.0 Å². The molecule has 0 bridgehead atoms. The maximum atomic E-state index is 13.4. The number of nitrogens with two attached hydrogens (primary N) is 1. The van der Waals surface area contributed by atoms with Crippen molar-refractivity contribution in [2.45, 2.75) is 25.9 Å². The average molecular weight is 252 g/mol. The highest BCUT2D eigenvalue weighted by Crippen LogP contribution is 2.15. The molecule has 0 spiro atoms. The fraction of sp³-hybridized carbons (Fsp3) is 0.333. The van der Waals surface area contributed by atoms with Gasteiger partial charge >= 0.3 is 0 Å². The fourth-order valence-electron chi connectivity index (χ4n) is 1.51. The second-order valence-electron chi connectivity index (χ2n) is 4.76. The SMILES string of the molecule is CC(C)(N)c1cn(Cc2cc(F)ccc2F)nn1. The standard InChI is InChI=1S/C12H14F2N4/c1-12(2,15)11-7-18(17-16-11)6-8-5-9(13)3-4-10(8)14/h3-5,7H,6,15H2,1-2H3. The van der Waals surface area contributed by atoms with E-state index in [2.05, 4.69) is 10.3 Å². The molecule has 0 saturated heterocycles. The third kappa shape index (κ3) is 2.70. The highest BCUT2D eigenvalue weighted by molar-refractivity contribution is 5.19. The summed E-state index contributed by atoms with van der Waals surface area (Å²) in [5, 5.41) is 7.75. The molecule has 4 nitrogen and oxygen atoms in total. The van der Waals surface area contributed by atoms with Gasteiger partial charge in [-0.1, -0.05) is 5.21 Å². The van der Waals surface area contributed by atoms with Crippen LogP contribution in [-0.4, -0.2) is 15.0 Å². The summed E-state index contributed by atoms with van der Waals surface area (Å²) in [6, 6.07) is 3.31. The van der Waals surface area contributed by atoms with E-state index in [1.54, 1.807) is 20.0 Å².